The molecule has 0 unspecified atom stereocenters. The molecule has 4 heteroatoms. The van der Waals surface area contributed by atoms with E-state index >= 15 is 0 Å². The smallest absolute Gasteiger partial charge is 0.229 e. The van der Waals surface area contributed by atoms with Gasteiger partial charge in [0, 0.05) is 17.4 Å². The summed E-state index contributed by atoms with van der Waals surface area (Å²) < 4.78 is 0.927. The predicted molar refractivity (Wildman–Crippen MR) is 75.5 cm³/mol. The maximum atomic E-state index is 12.4. The summed E-state index contributed by atoms with van der Waals surface area (Å²) in [7, 11) is 1.81. The Kier molecular flexibility index (Phi) is 4.40. The van der Waals surface area contributed by atoms with E-state index in [1.165, 1.54) is 0 Å². The Labute approximate surface area is 116 Å². The Hall–Kier alpha value is -0.870. The van der Waals surface area contributed by atoms with E-state index in [9.17, 15) is 9.90 Å². The van der Waals surface area contributed by atoms with E-state index in [1.807, 2.05) is 31.3 Å². The van der Waals surface area contributed by atoms with Gasteiger partial charge in [0.1, 0.15) is 0 Å². The van der Waals surface area contributed by atoms with Crippen LogP contribution in [0.5, 0.6) is 0 Å². The second kappa shape index (κ2) is 5.85. The number of aliphatic hydroxyl groups excluding tert-OH is 1. The summed E-state index contributed by atoms with van der Waals surface area (Å²) in [5.41, 5.74) is 0.897. The normalized spacial score (nSPS) is 23.7. The summed E-state index contributed by atoms with van der Waals surface area (Å²) in [5, 5.41) is 9.48. The molecule has 0 aromatic heterocycles. The number of rotatable bonds is 2. The number of carbonyl (C=O) groups is 1. The molecule has 0 atom stereocenters. The lowest BCUT2D eigenvalue weighted by Crippen LogP contribution is -2.35. The van der Waals surface area contributed by atoms with Crippen LogP contribution in [0, 0.1) is 5.92 Å². The van der Waals surface area contributed by atoms with Crippen LogP contribution < -0.4 is 4.90 Å². The van der Waals surface area contributed by atoms with Crippen molar-refractivity contribution in [1.29, 1.82) is 0 Å². The van der Waals surface area contributed by atoms with Crippen molar-refractivity contribution in [3.63, 3.8) is 0 Å². The molecule has 1 aromatic carbocycles. The lowest BCUT2D eigenvalue weighted by atomic mass is 9.86. The van der Waals surface area contributed by atoms with Gasteiger partial charge in [0.2, 0.25) is 5.91 Å². The highest BCUT2D eigenvalue weighted by atomic mass is 79.9. The second-order valence-corrected chi connectivity index (χ2v) is 5.71. The van der Waals surface area contributed by atoms with Crippen LogP contribution >= 0.6 is 15.9 Å². The molecule has 0 spiro atoms. The Morgan fingerprint density at radius 3 is 2.50 bits per heavy atom. The summed E-state index contributed by atoms with van der Waals surface area (Å²) in [6, 6.07) is 7.72. The highest BCUT2D eigenvalue weighted by Crippen LogP contribution is 2.30. The molecule has 1 aromatic rings. The zero-order valence-electron chi connectivity index (χ0n) is 10.5. The number of para-hydroxylation sites is 1. The first-order chi connectivity index (χ1) is 8.59. The van der Waals surface area contributed by atoms with Crippen molar-refractivity contribution in [2.45, 2.75) is 31.8 Å². The van der Waals surface area contributed by atoms with Gasteiger partial charge < -0.3 is 10.0 Å². The number of benzene rings is 1. The number of carbonyl (C=O) groups excluding carboxylic acids is 1. The summed E-state index contributed by atoms with van der Waals surface area (Å²) in [4.78, 5) is 14.1. The third-order valence-corrected chi connectivity index (χ3v) is 4.26. The number of nitrogens with zero attached hydrogens (tertiary/aromatic N) is 1. The highest BCUT2D eigenvalue weighted by Gasteiger charge is 2.28. The van der Waals surface area contributed by atoms with Crippen molar-refractivity contribution in [1.82, 2.24) is 0 Å². The number of amides is 1. The molecule has 0 aliphatic heterocycles. The van der Waals surface area contributed by atoms with Crippen molar-refractivity contribution in [2.24, 2.45) is 5.92 Å². The van der Waals surface area contributed by atoms with Gasteiger partial charge in [0.15, 0.2) is 0 Å². The molecule has 1 N–H and O–H groups in total. The molecule has 18 heavy (non-hydrogen) atoms. The summed E-state index contributed by atoms with van der Waals surface area (Å²) in [5.74, 6) is 0.194. The Morgan fingerprint density at radius 2 is 1.89 bits per heavy atom. The first-order valence-electron chi connectivity index (χ1n) is 6.29. The monoisotopic (exact) mass is 311 g/mol. The minimum absolute atomic E-state index is 0.0468. The molecule has 1 fully saturated rings. The van der Waals surface area contributed by atoms with Gasteiger partial charge in [-0.2, -0.15) is 0 Å². The Balaban J connectivity index is 2.07. The number of aliphatic hydroxyl groups is 1. The quantitative estimate of drug-likeness (QED) is 0.912. The number of halogens is 1. The Morgan fingerprint density at radius 1 is 1.28 bits per heavy atom. The largest absolute Gasteiger partial charge is 0.393 e. The predicted octanol–water partition coefficient (Wildman–Crippen LogP) is 2.96. The van der Waals surface area contributed by atoms with Crippen LogP contribution in [0.25, 0.3) is 0 Å². The maximum Gasteiger partial charge on any atom is 0.229 e. The van der Waals surface area contributed by atoms with Gasteiger partial charge in [-0.15, -0.1) is 0 Å². The third kappa shape index (κ3) is 2.93. The minimum atomic E-state index is -0.220. The molecule has 1 aliphatic carbocycles. The van der Waals surface area contributed by atoms with Crippen molar-refractivity contribution in [3.05, 3.63) is 28.7 Å². The summed E-state index contributed by atoms with van der Waals surface area (Å²) >= 11 is 3.46. The molecule has 3 nitrogen and oxygen atoms in total. The van der Waals surface area contributed by atoms with E-state index < -0.39 is 0 Å². The molecule has 0 bridgehead atoms. The van der Waals surface area contributed by atoms with Crippen LogP contribution in [0.4, 0.5) is 5.69 Å². The number of anilines is 1. The molecule has 1 amide bonds. The van der Waals surface area contributed by atoms with Gasteiger partial charge in [-0.25, -0.2) is 0 Å². The van der Waals surface area contributed by atoms with Gasteiger partial charge in [0.05, 0.1) is 11.8 Å². The van der Waals surface area contributed by atoms with E-state index in [-0.39, 0.29) is 17.9 Å². The van der Waals surface area contributed by atoms with Crippen LogP contribution in [0.2, 0.25) is 0 Å². The third-order valence-electron chi connectivity index (χ3n) is 3.59. The first kappa shape index (κ1) is 13.6. The van der Waals surface area contributed by atoms with Crippen LogP contribution in [0.15, 0.2) is 28.7 Å². The standard InChI is InChI=1S/C14H18BrNO2/c1-16(13-5-3-2-4-12(13)15)14(18)10-6-8-11(17)9-7-10/h2-5,10-11,17H,6-9H2,1H3. The lowest BCUT2D eigenvalue weighted by Gasteiger charge is -2.29. The fraction of sp³-hybridized carbons (Fsp3) is 0.500. The first-order valence-corrected chi connectivity index (χ1v) is 7.09. The van der Waals surface area contributed by atoms with Crippen LogP contribution in [-0.4, -0.2) is 24.2 Å². The number of hydrogen-bond donors (Lipinski definition) is 1. The average Bonchev–Trinajstić information content (AvgIpc) is 2.38. The molecule has 1 saturated carbocycles. The van der Waals surface area contributed by atoms with E-state index in [0.717, 1.165) is 35.8 Å². The van der Waals surface area contributed by atoms with E-state index in [2.05, 4.69) is 15.9 Å². The van der Waals surface area contributed by atoms with Gasteiger partial charge in [0.25, 0.3) is 0 Å². The van der Waals surface area contributed by atoms with Crippen LogP contribution in [0.1, 0.15) is 25.7 Å². The zero-order chi connectivity index (χ0) is 13.1. The van der Waals surface area contributed by atoms with E-state index in [4.69, 9.17) is 0 Å². The molecular weight excluding hydrogens is 294 g/mol. The van der Waals surface area contributed by atoms with Gasteiger partial charge in [-0.05, 0) is 53.7 Å². The van der Waals surface area contributed by atoms with Gasteiger partial charge >= 0.3 is 0 Å². The average molecular weight is 312 g/mol. The summed E-state index contributed by atoms with van der Waals surface area (Å²) in [6.45, 7) is 0. The van der Waals surface area contributed by atoms with Crippen LogP contribution in [-0.2, 0) is 4.79 Å². The molecular formula is C14H18BrNO2. The highest BCUT2D eigenvalue weighted by molar-refractivity contribution is 9.10. The number of hydrogen-bond acceptors (Lipinski definition) is 2. The lowest BCUT2D eigenvalue weighted by molar-refractivity contribution is -0.123. The van der Waals surface area contributed by atoms with Gasteiger partial charge in [-0.3, -0.25) is 4.79 Å². The van der Waals surface area contributed by atoms with Crippen molar-refractivity contribution in [3.8, 4) is 0 Å². The molecule has 98 valence electrons. The molecule has 2 rings (SSSR count). The fourth-order valence-corrected chi connectivity index (χ4v) is 2.99. The SMILES string of the molecule is CN(C(=O)C1CCC(O)CC1)c1ccccc1Br. The van der Waals surface area contributed by atoms with Crippen molar-refractivity contribution < 1.29 is 9.90 Å². The molecule has 0 saturated heterocycles. The molecule has 0 radical (unpaired) electrons. The Bertz CT molecular complexity index is 428. The van der Waals surface area contributed by atoms with Crippen molar-refractivity contribution in [2.75, 3.05) is 11.9 Å². The van der Waals surface area contributed by atoms with E-state index in [0.29, 0.717) is 0 Å². The summed E-state index contributed by atoms with van der Waals surface area (Å²) in [6.07, 6.45) is 2.83. The zero-order valence-corrected chi connectivity index (χ0v) is 12.1. The van der Waals surface area contributed by atoms with Gasteiger partial charge in [-0.1, -0.05) is 12.1 Å². The fourth-order valence-electron chi connectivity index (χ4n) is 2.44. The van der Waals surface area contributed by atoms with E-state index in [1.54, 1.807) is 4.90 Å². The van der Waals surface area contributed by atoms with Crippen LogP contribution in [0.3, 0.4) is 0 Å². The topological polar surface area (TPSA) is 40.5 Å². The second-order valence-electron chi connectivity index (χ2n) is 4.85. The maximum absolute atomic E-state index is 12.4. The molecule has 0 heterocycles. The minimum Gasteiger partial charge on any atom is -0.393 e. The van der Waals surface area contributed by atoms with Crippen molar-refractivity contribution >= 4 is 27.5 Å². The molecule has 1 aliphatic rings.